The Morgan fingerprint density at radius 2 is 1.88 bits per heavy atom. The van der Waals surface area contributed by atoms with E-state index in [0.717, 1.165) is 41.1 Å². The number of nitrogens with two attached hydrogens (primary N) is 1. The lowest BCUT2D eigenvalue weighted by Crippen LogP contribution is -2.24. The number of nitrogen functional groups attached to an aromatic ring is 1. The van der Waals surface area contributed by atoms with E-state index in [4.69, 9.17) is 10.5 Å². The molecule has 1 unspecified atom stereocenters. The minimum Gasteiger partial charge on any atom is -0.489 e. The van der Waals surface area contributed by atoms with Crippen molar-refractivity contribution in [2.75, 3.05) is 5.73 Å². The topological polar surface area (TPSA) is 67.8 Å². The Kier molecular flexibility index (Phi) is 5.39. The van der Waals surface area contributed by atoms with Crippen LogP contribution in [0.1, 0.15) is 50.2 Å². The van der Waals surface area contributed by atoms with Gasteiger partial charge < -0.3 is 15.6 Å². The van der Waals surface area contributed by atoms with E-state index < -0.39 is 5.60 Å². The van der Waals surface area contributed by atoms with Gasteiger partial charge in [-0.3, -0.25) is 4.99 Å². The minimum absolute atomic E-state index is 0.448. The largest absolute Gasteiger partial charge is 0.489 e. The fraction of sp³-hybridized carbons (Fsp3) is 0.381. The standard InChI is InChI=1S/C21H26N2O2/c1-2-3-4-5-12-21(24)15-23-20-11-6-16(13-19(20)21)14-25-18-9-7-17(22)8-10-18/h6-11,13,15,24H,2-5,12,14,22H2,1H3. The van der Waals surface area contributed by atoms with Gasteiger partial charge in [0.2, 0.25) is 0 Å². The molecule has 4 nitrogen and oxygen atoms in total. The molecule has 3 rings (SSSR count). The molecule has 0 aromatic heterocycles. The van der Waals surface area contributed by atoms with E-state index in [2.05, 4.69) is 11.9 Å². The number of aliphatic imine (C=N–C) groups is 1. The second-order valence-corrected chi connectivity index (χ2v) is 6.70. The first-order chi connectivity index (χ1) is 12.1. The molecular weight excluding hydrogens is 312 g/mol. The van der Waals surface area contributed by atoms with Gasteiger partial charge in [0.25, 0.3) is 0 Å². The van der Waals surface area contributed by atoms with Crippen LogP contribution in [0.3, 0.4) is 0 Å². The van der Waals surface area contributed by atoms with E-state index in [0.29, 0.717) is 13.0 Å². The summed E-state index contributed by atoms with van der Waals surface area (Å²) in [5, 5.41) is 11.0. The number of fused-ring (bicyclic) bond motifs is 1. The molecule has 0 aliphatic carbocycles. The monoisotopic (exact) mass is 338 g/mol. The van der Waals surface area contributed by atoms with Crippen molar-refractivity contribution < 1.29 is 9.84 Å². The lowest BCUT2D eigenvalue weighted by Gasteiger charge is -2.21. The smallest absolute Gasteiger partial charge is 0.127 e. The predicted molar refractivity (Wildman–Crippen MR) is 102 cm³/mol. The molecule has 1 aliphatic heterocycles. The fourth-order valence-electron chi connectivity index (χ4n) is 3.13. The molecule has 1 heterocycles. The van der Waals surface area contributed by atoms with Crippen LogP contribution in [-0.2, 0) is 12.2 Å². The molecule has 0 saturated heterocycles. The molecule has 2 aromatic rings. The normalized spacial score (nSPS) is 18.3. The highest BCUT2D eigenvalue weighted by atomic mass is 16.5. The Labute approximate surface area is 149 Å². The van der Waals surface area contributed by atoms with Crippen molar-refractivity contribution in [3.63, 3.8) is 0 Å². The number of hydrogen-bond donors (Lipinski definition) is 2. The summed E-state index contributed by atoms with van der Waals surface area (Å²) in [5.74, 6) is 0.778. The third-order valence-corrected chi connectivity index (χ3v) is 4.64. The highest BCUT2D eigenvalue weighted by Gasteiger charge is 2.33. The molecule has 1 atom stereocenters. The third kappa shape index (κ3) is 4.20. The molecule has 3 N–H and O–H groups in total. The van der Waals surface area contributed by atoms with E-state index >= 15 is 0 Å². The summed E-state index contributed by atoms with van der Waals surface area (Å²) in [6.07, 6.45) is 6.94. The van der Waals surface area contributed by atoms with Crippen LogP contribution in [0.15, 0.2) is 47.5 Å². The Hall–Kier alpha value is -2.33. The molecule has 0 amide bonds. The van der Waals surface area contributed by atoms with E-state index in [1.54, 1.807) is 6.21 Å². The molecule has 0 spiro atoms. The van der Waals surface area contributed by atoms with E-state index in [9.17, 15) is 5.11 Å². The van der Waals surface area contributed by atoms with Crippen molar-refractivity contribution in [2.45, 2.75) is 51.2 Å². The first-order valence-corrected chi connectivity index (χ1v) is 9.00. The number of nitrogens with zero attached hydrogens (tertiary/aromatic N) is 1. The highest BCUT2D eigenvalue weighted by Crippen LogP contribution is 2.39. The zero-order valence-corrected chi connectivity index (χ0v) is 14.7. The van der Waals surface area contributed by atoms with E-state index in [-0.39, 0.29) is 0 Å². The summed E-state index contributed by atoms with van der Waals surface area (Å²) in [6, 6.07) is 13.3. The molecule has 0 fully saturated rings. The number of anilines is 1. The molecule has 0 bridgehead atoms. The van der Waals surface area contributed by atoms with Crippen LogP contribution < -0.4 is 10.5 Å². The molecule has 2 aromatic carbocycles. The van der Waals surface area contributed by atoms with Crippen LogP contribution in [0.4, 0.5) is 11.4 Å². The average Bonchev–Trinajstić information content (AvgIpc) is 2.95. The van der Waals surface area contributed by atoms with Crippen LogP contribution in [0, 0.1) is 0 Å². The molecule has 25 heavy (non-hydrogen) atoms. The number of unbranched alkanes of at least 4 members (excludes halogenated alkanes) is 3. The second kappa shape index (κ2) is 7.70. The molecule has 1 aliphatic rings. The number of ether oxygens (including phenoxy) is 1. The summed E-state index contributed by atoms with van der Waals surface area (Å²) in [6.45, 7) is 2.64. The first-order valence-electron chi connectivity index (χ1n) is 9.00. The number of hydrogen-bond acceptors (Lipinski definition) is 4. The minimum atomic E-state index is -0.944. The zero-order chi connectivity index (χ0) is 17.7. The maximum Gasteiger partial charge on any atom is 0.127 e. The van der Waals surface area contributed by atoms with Crippen molar-refractivity contribution in [1.82, 2.24) is 0 Å². The van der Waals surface area contributed by atoms with Crippen molar-refractivity contribution in [3.8, 4) is 5.75 Å². The van der Waals surface area contributed by atoms with Crippen LogP contribution in [0.5, 0.6) is 5.75 Å². The van der Waals surface area contributed by atoms with E-state index in [1.165, 1.54) is 12.8 Å². The van der Waals surface area contributed by atoms with Crippen LogP contribution >= 0.6 is 0 Å². The van der Waals surface area contributed by atoms with Gasteiger partial charge >= 0.3 is 0 Å². The maximum atomic E-state index is 11.0. The van der Waals surface area contributed by atoms with Crippen LogP contribution in [0.2, 0.25) is 0 Å². The number of rotatable bonds is 8. The van der Waals surface area contributed by atoms with Gasteiger partial charge in [0.1, 0.15) is 18.0 Å². The van der Waals surface area contributed by atoms with Gasteiger partial charge in [-0.25, -0.2) is 0 Å². The Morgan fingerprint density at radius 3 is 2.64 bits per heavy atom. The quantitative estimate of drug-likeness (QED) is 0.540. The van der Waals surface area contributed by atoms with Gasteiger partial charge in [0.05, 0.1) is 5.69 Å². The van der Waals surface area contributed by atoms with E-state index in [1.807, 2.05) is 42.5 Å². The van der Waals surface area contributed by atoms with Crippen molar-refractivity contribution in [3.05, 3.63) is 53.6 Å². The Bertz CT molecular complexity index is 740. The van der Waals surface area contributed by atoms with Crippen molar-refractivity contribution in [2.24, 2.45) is 4.99 Å². The molecule has 0 saturated carbocycles. The van der Waals surface area contributed by atoms with Gasteiger partial charge in [-0.15, -0.1) is 0 Å². The van der Waals surface area contributed by atoms with Crippen molar-refractivity contribution >= 4 is 17.6 Å². The first kappa shape index (κ1) is 17.5. The summed E-state index contributed by atoms with van der Waals surface area (Å²) in [4.78, 5) is 4.39. The molecule has 132 valence electrons. The maximum absolute atomic E-state index is 11.0. The summed E-state index contributed by atoms with van der Waals surface area (Å²) in [5.41, 5.74) is 8.23. The number of aliphatic hydroxyl groups is 1. The average molecular weight is 338 g/mol. The number of benzene rings is 2. The SMILES string of the molecule is CCCCCCC1(O)C=Nc2ccc(COc3ccc(N)cc3)cc21. The molecule has 4 heteroatoms. The van der Waals surface area contributed by atoms with Gasteiger partial charge in [-0.1, -0.05) is 32.3 Å². The van der Waals surface area contributed by atoms with Gasteiger partial charge in [0.15, 0.2) is 0 Å². The van der Waals surface area contributed by atoms with Gasteiger partial charge in [-0.2, -0.15) is 0 Å². The lowest BCUT2D eigenvalue weighted by atomic mass is 9.89. The summed E-state index contributed by atoms with van der Waals surface area (Å²) >= 11 is 0. The Balaban J connectivity index is 1.66. The lowest BCUT2D eigenvalue weighted by molar-refractivity contribution is 0.107. The highest BCUT2D eigenvalue weighted by molar-refractivity contribution is 5.83. The Morgan fingerprint density at radius 1 is 1.08 bits per heavy atom. The van der Waals surface area contributed by atoms with Crippen molar-refractivity contribution in [1.29, 1.82) is 0 Å². The summed E-state index contributed by atoms with van der Waals surface area (Å²) in [7, 11) is 0. The summed E-state index contributed by atoms with van der Waals surface area (Å²) < 4.78 is 5.81. The molecule has 0 radical (unpaired) electrons. The zero-order valence-electron chi connectivity index (χ0n) is 14.7. The predicted octanol–water partition coefficient (Wildman–Crippen LogP) is 4.72. The van der Waals surface area contributed by atoms with Gasteiger partial charge in [-0.05, 0) is 54.8 Å². The van der Waals surface area contributed by atoms with Crippen LogP contribution in [-0.4, -0.2) is 11.3 Å². The van der Waals surface area contributed by atoms with Gasteiger partial charge in [0, 0.05) is 17.5 Å². The fourth-order valence-corrected chi connectivity index (χ4v) is 3.13. The molecular formula is C21H26N2O2. The third-order valence-electron chi connectivity index (χ3n) is 4.64. The van der Waals surface area contributed by atoms with Crippen LogP contribution in [0.25, 0.3) is 0 Å². The second-order valence-electron chi connectivity index (χ2n) is 6.70.